The van der Waals surface area contributed by atoms with E-state index in [1.54, 1.807) is 11.3 Å². The third-order valence-corrected chi connectivity index (χ3v) is 7.67. The van der Waals surface area contributed by atoms with E-state index >= 15 is 0 Å². The zero-order chi connectivity index (χ0) is 20.9. The zero-order valence-electron chi connectivity index (χ0n) is 17.1. The van der Waals surface area contributed by atoms with Gasteiger partial charge in [0.05, 0.1) is 11.3 Å². The number of nitrogens with one attached hydrogen (secondary N) is 1. The molecule has 30 heavy (non-hydrogen) atoms. The van der Waals surface area contributed by atoms with Gasteiger partial charge in [0.1, 0.15) is 0 Å². The second-order valence-corrected chi connectivity index (χ2v) is 9.67. The van der Waals surface area contributed by atoms with Crippen LogP contribution in [0.2, 0.25) is 0 Å². The lowest BCUT2D eigenvalue weighted by Crippen LogP contribution is -2.39. The van der Waals surface area contributed by atoms with Gasteiger partial charge in [-0.3, -0.25) is 9.59 Å². The van der Waals surface area contributed by atoms with Gasteiger partial charge in [0.25, 0.3) is 5.91 Å². The molecule has 3 aromatic rings. The summed E-state index contributed by atoms with van der Waals surface area (Å²) < 4.78 is 1.20. The van der Waals surface area contributed by atoms with E-state index in [4.69, 9.17) is 0 Å². The summed E-state index contributed by atoms with van der Waals surface area (Å²) in [6.45, 7) is 0. The van der Waals surface area contributed by atoms with Crippen molar-refractivity contribution >= 4 is 50.7 Å². The van der Waals surface area contributed by atoms with Crippen LogP contribution in [0.25, 0.3) is 10.1 Å². The van der Waals surface area contributed by atoms with Crippen LogP contribution in [-0.4, -0.2) is 35.6 Å². The quantitative estimate of drug-likeness (QED) is 0.478. The van der Waals surface area contributed by atoms with Crippen LogP contribution in [0.15, 0.2) is 58.8 Å². The van der Waals surface area contributed by atoms with Gasteiger partial charge in [0.15, 0.2) is 0 Å². The molecule has 1 saturated carbocycles. The van der Waals surface area contributed by atoms with Crippen molar-refractivity contribution in [3.8, 4) is 0 Å². The van der Waals surface area contributed by atoms with Crippen LogP contribution in [0, 0.1) is 0 Å². The van der Waals surface area contributed by atoms with E-state index in [-0.39, 0.29) is 11.8 Å². The average molecular weight is 439 g/mol. The standard InChI is InChI=1S/C24H26N2O2S2/c1-26(19-7-3-2-4-8-19)23(27)16-30-22-10-6-5-9-20(22)24(28)25-18-11-12-21-17(15-18)13-14-29-21/h5-6,9-15,19H,2-4,7-8,16H2,1H3,(H,25,28). The van der Waals surface area contributed by atoms with Crippen LogP contribution in [0.1, 0.15) is 42.5 Å². The predicted molar refractivity (Wildman–Crippen MR) is 127 cm³/mol. The second kappa shape index (κ2) is 9.67. The van der Waals surface area contributed by atoms with Crippen LogP contribution in [-0.2, 0) is 4.79 Å². The number of thiophene rings is 1. The Bertz CT molecular complexity index is 1040. The summed E-state index contributed by atoms with van der Waals surface area (Å²) in [5.41, 5.74) is 1.37. The fourth-order valence-corrected chi connectivity index (χ4v) is 5.68. The van der Waals surface area contributed by atoms with E-state index < -0.39 is 0 Å². The third-order valence-electron chi connectivity index (χ3n) is 5.71. The Morgan fingerprint density at radius 1 is 1.10 bits per heavy atom. The number of benzene rings is 2. The minimum atomic E-state index is -0.152. The predicted octanol–water partition coefficient (Wildman–Crippen LogP) is 6.04. The molecule has 0 saturated heterocycles. The third kappa shape index (κ3) is 4.87. The normalized spacial score (nSPS) is 14.6. The highest BCUT2D eigenvalue weighted by molar-refractivity contribution is 8.00. The molecule has 4 nitrogen and oxygen atoms in total. The molecule has 1 aromatic heterocycles. The van der Waals surface area contributed by atoms with Crippen molar-refractivity contribution in [1.82, 2.24) is 4.90 Å². The smallest absolute Gasteiger partial charge is 0.256 e. The lowest BCUT2D eigenvalue weighted by Gasteiger charge is -2.31. The van der Waals surface area contributed by atoms with Crippen molar-refractivity contribution in [1.29, 1.82) is 0 Å². The van der Waals surface area contributed by atoms with Crippen molar-refractivity contribution in [2.75, 3.05) is 18.1 Å². The van der Waals surface area contributed by atoms with E-state index in [1.807, 2.05) is 65.9 Å². The number of thioether (sulfide) groups is 1. The molecule has 1 aliphatic rings. The summed E-state index contributed by atoms with van der Waals surface area (Å²) in [5.74, 6) is 0.323. The first-order valence-electron chi connectivity index (χ1n) is 10.4. The lowest BCUT2D eigenvalue weighted by molar-refractivity contribution is -0.129. The second-order valence-electron chi connectivity index (χ2n) is 7.71. The van der Waals surface area contributed by atoms with Crippen LogP contribution in [0.5, 0.6) is 0 Å². The SMILES string of the molecule is CN(C(=O)CSc1ccccc1C(=O)Nc1ccc2sccc2c1)C1CCCCC1. The number of carbonyl (C=O) groups is 2. The number of rotatable bonds is 6. The minimum Gasteiger partial charge on any atom is -0.342 e. The molecule has 1 heterocycles. The van der Waals surface area contributed by atoms with Crippen LogP contribution >= 0.6 is 23.1 Å². The Kier molecular flexibility index (Phi) is 6.75. The lowest BCUT2D eigenvalue weighted by atomic mass is 9.94. The molecule has 0 bridgehead atoms. The minimum absolute atomic E-state index is 0.130. The van der Waals surface area contributed by atoms with Gasteiger partial charge < -0.3 is 10.2 Å². The first-order chi connectivity index (χ1) is 14.6. The molecule has 0 atom stereocenters. The summed E-state index contributed by atoms with van der Waals surface area (Å²) in [6, 6.07) is 15.8. The number of hydrogen-bond acceptors (Lipinski definition) is 4. The van der Waals surface area contributed by atoms with Gasteiger partial charge in [-0.15, -0.1) is 23.1 Å². The van der Waals surface area contributed by atoms with Crippen LogP contribution in [0.4, 0.5) is 5.69 Å². The Balaban J connectivity index is 1.41. The van der Waals surface area contributed by atoms with E-state index in [0.717, 1.165) is 28.8 Å². The van der Waals surface area contributed by atoms with Gasteiger partial charge in [0.2, 0.25) is 5.91 Å². The maximum Gasteiger partial charge on any atom is 0.256 e. The molecule has 156 valence electrons. The van der Waals surface area contributed by atoms with E-state index in [9.17, 15) is 9.59 Å². The first-order valence-corrected chi connectivity index (χ1v) is 12.2. The number of carbonyl (C=O) groups excluding carboxylic acids is 2. The number of fused-ring (bicyclic) bond motifs is 1. The monoisotopic (exact) mass is 438 g/mol. The molecule has 1 N–H and O–H groups in total. The topological polar surface area (TPSA) is 49.4 Å². The maximum atomic E-state index is 12.9. The summed E-state index contributed by atoms with van der Waals surface area (Å²) in [4.78, 5) is 28.3. The van der Waals surface area contributed by atoms with E-state index in [1.165, 1.54) is 35.7 Å². The van der Waals surface area contributed by atoms with Crippen LogP contribution < -0.4 is 5.32 Å². The molecule has 4 rings (SSSR count). The summed E-state index contributed by atoms with van der Waals surface area (Å²) in [5, 5.41) is 6.17. The molecular weight excluding hydrogens is 412 g/mol. The van der Waals surface area contributed by atoms with Gasteiger partial charge in [-0.05, 0) is 60.0 Å². The molecule has 0 radical (unpaired) electrons. The molecule has 2 aromatic carbocycles. The highest BCUT2D eigenvalue weighted by Crippen LogP contribution is 2.28. The highest BCUT2D eigenvalue weighted by Gasteiger charge is 2.22. The Labute approximate surface area is 185 Å². The molecule has 1 aliphatic carbocycles. The number of amides is 2. The molecule has 6 heteroatoms. The maximum absolute atomic E-state index is 12.9. The van der Waals surface area contributed by atoms with Crippen molar-refractivity contribution in [3.05, 3.63) is 59.5 Å². The van der Waals surface area contributed by atoms with Gasteiger partial charge in [-0.1, -0.05) is 31.4 Å². The molecule has 2 amide bonds. The Morgan fingerprint density at radius 3 is 2.73 bits per heavy atom. The Morgan fingerprint density at radius 2 is 1.90 bits per heavy atom. The van der Waals surface area contributed by atoms with Crippen molar-refractivity contribution in [2.24, 2.45) is 0 Å². The summed E-state index contributed by atoms with van der Waals surface area (Å²) in [7, 11) is 1.91. The summed E-state index contributed by atoms with van der Waals surface area (Å²) >= 11 is 3.12. The van der Waals surface area contributed by atoms with Gasteiger partial charge >= 0.3 is 0 Å². The molecule has 1 fully saturated rings. The fourth-order valence-electron chi connectivity index (χ4n) is 3.94. The van der Waals surface area contributed by atoms with Crippen LogP contribution in [0.3, 0.4) is 0 Å². The highest BCUT2D eigenvalue weighted by atomic mass is 32.2. The Hall–Kier alpha value is -2.31. The number of nitrogens with zero attached hydrogens (tertiary/aromatic N) is 1. The fraction of sp³-hybridized carbons (Fsp3) is 0.333. The average Bonchev–Trinajstić information content (AvgIpc) is 3.25. The van der Waals surface area contributed by atoms with Gasteiger partial charge in [-0.2, -0.15) is 0 Å². The number of anilines is 1. The van der Waals surface area contributed by atoms with Gasteiger partial charge in [-0.25, -0.2) is 0 Å². The van der Waals surface area contributed by atoms with Crippen molar-refractivity contribution < 1.29 is 9.59 Å². The van der Waals surface area contributed by atoms with E-state index in [2.05, 4.69) is 5.32 Å². The zero-order valence-corrected chi connectivity index (χ0v) is 18.7. The first kappa shape index (κ1) is 20.9. The summed E-state index contributed by atoms with van der Waals surface area (Å²) in [6.07, 6.45) is 5.88. The van der Waals surface area contributed by atoms with Crippen molar-refractivity contribution in [3.63, 3.8) is 0 Å². The molecule has 0 aliphatic heterocycles. The van der Waals surface area contributed by atoms with E-state index in [0.29, 0.717) is 17.4 Å². The van der Waals surface area contributed by atoms with Crippen molar-refractivity contribution in [2.45, 2.75) is 43.0 Å². The molecule has 0 spiro atoms. The number of hydrogen-bond donors (Lipinski definition) is 1. The largest absolute Gasteiger partial charge is 0.342 e. The molecule has 0 unspecified atom stereocenters. The molecular formula is C24H26N2O2S2. The van der Waals surface area contributed by atoms with Gasteiger partial charge in [0, 0.05) is 28.4 Å².